The third kappa shape index (κ3) is 3.57. The Morgan fingerprint density at radius 2 is 1.92 bits per heavy atom. The van der Waals surface area contributed by atoms with Crippen molar-refractivity contribution in [2.45, 2.75) is 13.8 Å². The molecule has 1 amide bonds. The van der Waals surface area contributed by atoms with E-state index in [-0.39, 0.29) is 5.91 Å². The first-order valence-electron chi connectivity index (χ1n) is 8.16. The van der Waals surface area contributed by atoms with Crippen molar-refractivity contribution in [1.82, 2.24) is 5.32 Å². The lowest BCUT2D eigenvalue weighted by molar-refractivity contribution is 0.0956. The molecular weight excluding hydrogens is 298 g/mol. The summed E-state index contributed by atoms with van der Waals surface area (Å²) in [5, 5.41) is 2.80. The summed E-state index contributed by atoms with van der Waals surface area (Å²) in [5.74, 6) is 0.894. The van der Waals surface area contributed by atoms with E-state index in [4.69, 9.17) is 4.74 Å². The summed E-state index contributed by atoms with van der Waals surface area (Å²) in [4.78, 5) is 11.8. The minimum absolute atomic E-state index is 0.0373. The molecule has 1 aliphatic rings. The Kier molecular flexibility index (Phi) is 4.80. The molecule has 0 radical (unpaired) electrons. The molecule has 0 aliphatic carbocycles. The number of para-hydroxylation sites is 1. The van der Waals surface area contributed by atoms with E-state index in [1.807, 2.05) is 49.4 Å². The van der Waals surface area contributed by atoms with Gasteiger partial charge in [0.25, 0.3) is 5.91 Å². The Hall–Kier alpha value is -2.81. The number of carbonyl (C=O) groups is 1. The van der Waals surface area contributed by atoms with Crippen molar-refractivity contribution >= 4 is 18.1 Å². The normalized spacial score (nSPS) is 13.6. The predicted molar refractivity (Wildman–Crippen MR) is 98.0 cm³/mol. The average Bonchev–Trinajstić information content (AvgIpc) is 2.62. The fourth-order valence-electron chi connectivity index (χ4n) is 2.68. The monoisotopic (exact) mass is 319 g/mol. The second-order valence-electron chi connectivity index (χ2n) is 5.80. The highest BCUT2D eigenvalue weighted by Crippen LogP contribution is 2.29. The summed E-state index contributed by atoms with van der Waals surface area (Å²) >= 11 is 0. The fourth-order valence-corrected chi connectivity index (χ4v) is 2.68. The zero-order valence-electron chi connectivity index (χ0n) is 14.0. The molecule has 0 saturated heterocycles. The van der Waals surface area contributed by atoms with Crippen LogP contribution in [0.5, 0.6) is 5.75 Å². The van der Waals surface area contributed by atoms with Gasteiger partial charge in [-0.3, -0.25) is 4.79 Å². The molecule has 122 valence electrons. The summed E-state index contributed by atoms with van der Waals surface area (Å²) in [5.41, 5.74) is 5.19. The van der Waals surface area contributed by atoms with E-state index in [1.165, 1.54) is 5.57 Å². The predicted octanol–water partition coefficient (Wildman–Crippen LogP) is 4.32. The maximum atomic E-state index is 11.8. The van der Waals surface area contributed by atoms with Crippen LogP contribution >= 0.6 is 0 Å². The number of rotatable bonds is 4. The van der Waals surface area contributed by atoms with Crippen LogP contribution in [0, 0.1) is 0 Å². The van der Waals surface area contributed by atoms with Gasteiger partial charge in [0.2, 0.25) is 0 Å². The molecule has 3 rings (SSSR count). The van der Waals surface area contributed by atoms with Crippen molar-refractivity contribution < 1.29 is 9.53 Å². The third-order valence-electron chi connectivity index (χ3n) is 4.03. The summed E-state index contributed by atoms with van der Waals surface area (Å²) in [6, 6.07) is 15.7. The number of benzene rings is 2. The zero-order chi connectivity index (χ0) is 16.9. The lowest BCUT2D eigenvalue weighted by Gasteiger charge is -2.18. The fraction of sp³-hybridized carbons (Fsp3) is 0.190. The Balaban J connectivity index is 1.79. The molecule has 1 N–H and O–H groups in total. The van der Waals surface area contributed by atoms with E-state index < -0.39 is 0 Å². The Morgan fingerprint density at radius 3 is 2.67 bits per heavy atom. The first kappa shape index (κ1) is 16.1. The number of amides is 1. The Morgan fingerprint density at radius 1 is 1.17 bits per heavy atom. The summed E-state index contributed by atoms with van der Waals surface area (Å²) in [6.07, 6.45) is 4.29. The van der Waals surface area contributed by atoms with Gasteiger partial charge < -0.3 is 10.1 Å². The van der Waals surface area contributed by atoms with Crippen molar-refractivity contribution in [2.24, 2.45) is 0 Å². The highest BCUT2D eigenvalue weighted by atomic mass is 16.5. The molecule has 1 aliphatic heterocycles. The van der Waals surface area contributed by atoms with Crippen molar-refractivity contribution in [3.8, 4) is 5.75 Å². The van der Waals surface area contributed by atoms with E-state index in [1.54, 1.807) is 0 Å². The number of carbonyl (C=O) groups excluding carboxylic acids is 1. The standard InChI is InChI=1S/C21H21NO2/c1-3-22-21(23)17-10-8-16(9-11-17)12-15(2)19-13-18-6-4-5-7-20(18)24-14-19/h4-13H,3,14H2,1-2H3,(H,22,23). The molecule has 3 heteroatoms. The maximum Gasteiger partial charge on any atom is 0.251 e. The maximum absolute atomic E-state index is 11.8. The summed E-state index contributed by atoms with van der Waals surface area (Å²) in [7, 11) is 0. The van der Waals surface area contributed by atoms with Gasteiger partial charge in [-0.25, -0.2) is 0 Å². The summed E-state index contributed by atoms with van der Waals surface area (Å²) in [6.45, 7) is 5.21. The molecule has 0 spiro atoms. The number of hydrogen-bond acceptors (Lipinski definition) is 2. The van der Waals surface area contributed by atoms with Gasteiger partial charge in [-0.1, -0.05) is 36.4 Å². The first-order valence-corrected chi connectivity index (χ1v) is 8.16. The van der Waals surface area contributed by atoms with Gasteiger partial charge >= 0.3 is 0 Å². The van der Waals surface area contributed by atoms with Crippen LogP contribution in [0.4, 0.5) is 0 Å². The highest BCUT2D eigenvalue weighted by molar-refractivity contribution is 5.94. The van der Waals surface area contributed by atoms with E-state index in [2.05, 4.69) is 30.5 Å². The number of hydrogen-bond donors (Lipinski definition) is 1. The molecule has 0 aromatic heterocycles. The SMILES string of the molecule is CCNC(=O)c1ccc(C=C(C)C2=Cc3ccccc3OC2)cc1. The lowest BCUT2D eigenvalue weighted by Crippen LogP contribution is -2.22. The van der Waals surface area contributed by atoms with Gasteiger partial charge in [0.15, 0.2) is 0 Å². The van der Waals surface area contributed by atoms with Crippen molar-refractivity contribution in [1.29, 1.82) is 0 Å². The van der Waals surface area contributed by atoms with E-state index in [0.29, 0.717) is 18.7 Å². The average molecular weight is 319 g/mol. The molecule has 0 fully saturated rings. The van der Waals surface area contributed by atoms with Gasteiger partial charge in [0.1, 0.15) is 12.4 Å². The molecule has 2 aromatic rings. The quantitative estimate of drug-likeness (QED) is 0.911. The minimum Gasteiger partial charge on any atom is -0.488 e. The topological polar surface area (TPSA) is 38.3 Å². The number of nitrogens with one attached hydrogen (secondary N) is 1. The summed E-state index contributed by atoms with van der Waals surface area (Å²) < 4.78 is 5.81. The van der Waals surface area contributed by atoms with E-state index in [9.17, 15) is 4.79 Å². The highest BCUT2D eigenvalue weighted by Gasteiger charge is 2.11. The molecule has 2 aromatic carbocycles. The number of ether oxygens (including phenoxy) is 1. The van der Waals surface area contributed by atoms with Crippen molar-refractivity contribution in [3.05, 3.63) is 76.4 Å². The van der Waals surface area contributed by atoms with Crippen LogP contribution in [0.25, 0.3) is 12.2 Å². The van der Waals surface area contributed by atoms with Crippen molar-refractivity contribution in [2.75, 3.05) is 13.2 Å². The van der Waals surface area contributed by atoms with E-state index >= 15 is 0 Å². The number of fused-ring (bicyclic) bond motifs is 1. The molecule has 24 heavy (non-hydrogen) atoms. The lowest BCUT2D eigenvalue weighted by atomic mass is 9.99. The van der Waals surface area contributed by atoms with Crippen LogP contribution in [0.2, 0.25) is 0 Å². The second kappa shape index (κ2) is 7.18. The first-order chi connectivity index (χ1) is 11.7. The molecule has 1 heterocycles. The van der Waals surface area contributed by atoms with Gasteiger partial charge in [0.05, 0.1) is 0 Å². The van der Waals surface area contributed by atoms with Gasteiger partial charge in [-0.2, -0.15) is 0 Å². The van der Waals surface area contributed by atoms with E-state index in [0.717, 1.165) is 22.4 Å². The van der Waals surface area contributed by atoms with Crippen LogP contribution in [0.15, 0.2) is 59.7 Å². The zero-order valence-corrected chi connectivity index (χ0v) is 14.0. The van der Waals surface area contributed by atoms with Crippen LogP contribution in [-0.2, 0) is 0 Å². The third-order valence-corrected chi connectivity index (χ3v) is 4.03. The largest absolute Gasteiger partial charge is 0.488 e. The molecule has 0 unspecified atom stereocenters. The molecule has 0 atom stereocenters. The second-order valence-corrected chi connectivity index (χ2v) is 5.80. The smallest absolute Gasteiger partial charge is 0.251 e. The van der Waals surface area contributed by atoms with Crippen LogP contribution in [0.3, 0.4) is 0 Å². The molecule has 0 bridgehead atoms. The Labute approximate surface area is 142 Å². The van der Waals surface area contributed by atoms with Crippen LogP contribution in [-0.4, -0.2) is 19.1 Å². The molecular formula is C21H21NO2. The van der Waals surface area contributed by atoms with Crippen LogP contribution < -0.4 is 10.1 Å². The Bertz CT molecular complexity index is 801. The molecule has 3 nitrogen and oxygen atoms in total. The van der Waals surface area contributed by atoms with Gasteiger partial charge in [-0.05, 0) is 54.8 Å². The van der Waals surface area contributed by atoms with Crippen molar-refractivity contribution in [3.63, 3.8) is 0 Å². The van der Waals surface area contributed by atoms with Gasteiger partial charge in [0, 0.05) is 17.7 Å². The van der Waals surface area contributed by atoms with Gasteiger partial charge in [-0.15, -0.1) is 0 Å². The van der Waals surface area contributed by atoms with Crippen LogP contribution in [0.1, 0.15) is 35.3 Å². The molecule has 0 saturated carbocycles. The minimum atomic E-state index is -0.0373.